The average molecular weight is 1050 g/mol. The number of nitrogens with zero attached hydrogens (tertiary/aromatic N) is 2. The van der Waals surface area contributed by atoms with Crippen LogP contribution in [-0.4, -0.2) is 107 Å². The molecule has 17 aliphatic rings. The van der Waals surface area contributed by atoms with Gasteiger partial charge in [-0.25, -0.2) is 10.5 Å². The monoisotopic (exact) mass is 1050 g/mol. The van der Waals surface area contributed by atoms with E-state index in [2.05, 4.69) is 78.8 Å². The molecule has 0 aromatic heterocycles. The number of ether oxygens (including phenoxy) is 10. The van der Waals surface area contributed by atoms with Gasteiger partial charge in [0, 0.05) is 79.2 Å². The van der Waals surface area contributed by atoms with Gasteiger partial charge in [0.25, 0.3) is 13.0 Å². The molecule has 9 aliphatic carbocycles. The molecule has 0 amide bonds. The Morgan fingerprint density at radius 1 is 0.652 bits per heavy atom. The lowest BCUT2D eigenvalue weighted by molar-refractivity contribution is -0.493. The summed E-state index contributed by atoms with van der Waals surface area (Å²) in [6.07, 6.45) is 13.1. The van der Waals surface area contributed by atoms with Crippen molar-refractivity contribution >= 4 is 43.4 Å². The van der Waals surface area contributed by atoms with Crippen molar-refractivity contribution in [1.82, 2.24) is 0 Å². The lowest BCUT2D eigenvalue weighted by Gasteiger charge is -2.67. The van der Waals surface area contributed by atoms with Crippen LogP contribution in [-0.2, 0) is 57.0 Å². The van der Waals surface area contributed by atoms with Crippen molar-refractivity contribution in [1.29, 1.82) is 10.5 Å². The van der Waals surface area contributed by atoms with Gasteiger partial charge < -0.3 is 47.4 Å². The van der Waals surface area contributed by atoms with Crippen LogP contribution in [0.1, 0.15) is 120 Å². The van der Waals surface area contributed by atoms with E-state index in [4.69, 9.17) is 57.9 Å². The molecule has 14 nitrogen and oxygen atoms in total. The summed E-state index contributed by atoms with van der Waals surface area (Å²) in [5, 5.41) is 13.0. The number of alkyl halides is 2. The number of hydrogen-bond donors (Lipinski definition) is 0. The number of ketones is 2. The van der Waals surface area contributed by atoms with Crippen LogP contribution in [0.5, 0.6) is 0 Å². The zero-order chi connectivity index (χ0) is 44.8. The second kappa shape index (κ2) is 15.3. The number of carbonyl (C=O) groups excluding carboxylic acids is 2. The van der Waals surface area contributed by atoms with Gasteiger partial charge in [-0.2, -0.15) is 0 Å². The second-order valence-corrected chi connectivity index (χ2v) is 24.6. The molecule has 8 aliphatic heterocycles. The van der Waals surface area contributed by atoms with E-state index < -0.39 is 28.9 Å². The van der Waals surface area contributed by atoms with Gasteiger partial charge in [-0.15, -0.1) is 0 Å². The number of fused-ring (bicyclic) bond motifs is 7. The number of hydrogen-bond acceptors (Lipinski definition) is 14. The van der Waals surface area contributed by atoms with E-state index in [-0.39, 0.29) is 100 Å². The van der Waals surface area contributed by atoms with E-state index >= 15 is 0 Å². The summed E-state index contributed by atoms with van der Waals surface area (Å²) in [5.74, 6) is 1.38. The first-order valence-electron chi connectivity index (χ1n) is 23.8. The Bertz CT molecular complexity index is 2110. The molecule has 66 heavy (non-hydrogen) atoms. The highest BCUT2D eigenvalue weighted by Gasteiger charge is 2.97. The van der Waals surface area contributed by atoms with Crippen molar-refractivity contribution in [2.45, 2.75) is 189 Å². The van der Waals surface area contributed by atoms with Gasteiger partial charge in [0.2, 0.25) is 0 Å². The van der Waals surface area contributed by atoms with E-state index in [0.29, 0.717) is 62.8 Å². The molecule has 6 spiro atoms. The Hall–Kier alpha value is -1.38. The number of rotatable bonds is 0. The largest absolute Gasteiger partial charge is 0.347 e. The fourth-order valence-corrected chi connectivity index (χ4v) is 21.2. The first-order valence-corrected chi connectivity index (χ1v) is 25.6. The van der Waals surface area contributed by atoms with Gasteiger partial charge in [0.1, 0.15) is 10.1 Å². The Labute approximate surface area is 406 Å². The van der Waals surface area contributed by atoms with Crippen LogP contribution in [0.15, 0.2) is 11.6 Å². The van der Waals surface area contributed by atoms with Crippen molar-refractivity contribution in [3.63, 3.8) is 0 Å². The molecule has 15 unspecified atom stereocenters. The van der Waals surface area contributed by atoms with Crippen LogP contribution in [0, 0.1) is 80.8 Å². The molecular weight excluding hydrogens is 980 g/mol. The van der Waals surface area contributed by atoms with Crippen molar-refractivity contribution in [3.8, 4) is 13.1 Å². The lowest BCUT2D eigenvalue weighted by Crippen LogP contribution is -2.75. The predicted octanol–water partition coefficient (Wildman–Crippen LogP) is 8.17. The maximum Gasteiger partial charge on any atom is 0.273 e. The summed E-state index contributed by atoms with van der Waals surface area (Å²) in [4.78, 5) is 28.2. The van der Waals surface area contributed by atoms with E-state index in [0.717, 1.165) is 64.2 Å². The fourth-order valence-electron chi connectivity index (χ4n) is 18.4. The molecule has 0 radical (unpaired) electrons. The molecule has 8 heterocycles. The third-order valence-electron chi connectivity index (χ3n) is 20.9. The normalized spacial score (nSPS) is 56.3. The van der Waals surface area contributed by atoms with E-state index in [1.54, 1.807) is 0 Å². The average Bonchev–Trinajstić information content (AvgIpc) is 3.85. The van der Waals surface area contributed by atoms with Crippen molar-refractivity contribution in [3.05, 3.63) is 11.6 Å². The van der Waals surface area contributed by atoms with Gasteiger partial charge in [0.05, 0.1) is 72.9 Å². The zero-order valence-corrected chi connectivity index (χ0v) is 40.3. The van der Waals surface area contributed by atoms with Gasteiger partial charge in [-0.1, -0.05) is 80.5 Å². The first-order chi connectivity index (χ1) is 30.7. The summed E-state index contributed by atoms with van der Waals surface area (Å²) in [5.41, 5.74) is -0.631. The number of carbonyl (C=O) groups is 2. The topological polar surface area (TPSA) is 174 Å². The Morgan fingerprint density at radius 3 is 1.80 bits per heavy atom. The minimum Gasteiger partial charge on any atom is -0.347 e. The van der Waals surface area contributed by atoms with Crippen LogP contribution >= 0.6 is 31.9 Å². The van der Waals surface area contributed by atoms with Gasteiger partial charge in [-0.3, -0.25) is 9.59 Å². The molecule has 16 heteroatoms. The number of halogens is 2. The molecule has 20 atom stereocenters. The Balaban J connectivity index is 0.000000140. The quantitative estimate of drug-likeness (QED) is 0.168. The third-order valence-corrected chi connectivity index (χ3v) is 23.6. The van der Waals surface area contributed by atoms with Crippen LogP contribution in [0.4, 0.5) is 0 Å². The van der Waals surface area contributed by atoms with Gasteiger partial charge in [0.15, 0.2) is 17.4 Å². The predicted molar refractivity (Wildman–Crippen MR) is 242 cm³/mol. The second-order valence-electron chi connectivity index (χ2n) is 22.4. The molecule has 8 bridgehead atoms. The van der Waals surface area contributed by atoms with Crippen LogP contribution in [0.25, 0.3) is 0 Å². The minimum absolute atomic E-state index is 0. The molecule has 0 N–H and O–H groups in total. The SMILES string of the molecule is C.C.C#N.C#N.CC1C2CC34CCC5C6CCC7(OCCO7)C6(C)CC(=O)C56[C@@H](Br)C36C1OC(O2)O4.CC1C2CC34CC[C@H]5[C@@H]6CCC7(OCCO7)[C@@]6(C)CC(=O)[C@]5(Br)C=C3C1OC(O2)O4. The molecule has 364 valence electrons. The Morgan fingerprint density at radius 2 is 1.18 bits per heavy atom. The number of Topliss-reactive ketones (excluding diaryl/α,β-unsaturated/α-hetero) is 2. The highest BCUT2D eigenvalue weighted by Crippen LogP contribution is 2.90. The highest BCUT2D eigenvalue weighted by molar-refractivity contribution is 9.10. The van der Waals surface area contributed by atoms with Crippen LogP contribution < -0.4 is 0 Å². The van der Waals surface area contributed by atoms with E-state index in [1.807, 2.05) is 0 Å². The van der Waals surface area contributed by atoms with Gasteiger partial charge in [-0.05, 0) is 67.8 Å². The Kier molecular flexibility index (Phi) is 11.2. The fraction of sp³-hybridized carbons (Fsp3) is 0.880. The minimum atomic E-state index is -0.664. The molecule has 8 saturated carbocycles. The van der Waals surface area contributed by atoms with Crippen LogP contribution in [0.2, 0.25) is 0 Å². The molecule has 0 aromatic carbocycles. The first kappa shape index (κ1) is 48.3. The molecule has 17 rings (SSSR count). The third kappa shape index (κ3) is 5.21. The zero-order valence-electron chi connectivity index (χ0n) is 37.1. The molecule has 16 fully saturated rings. The number of allylic oxidation sites excluding steroid dienone is 1. The van der Waals surface area contributed by atoms with Gasteiger partial charge >= 0.3 is 0 Å². The smallest absolute Gasteiger partial charge is 0.273 e. The summed E-state index contributed by atoms with van der Waals surface area (Å²) in [6.45, 7) is 17.4. The highest BCUT2D eigenvalue weighted by atomic mass is 79.9. The van der Waals surface area contributed by atoms with Crippen LogP contribution in [0.3, 0.4) is 0 Å². The van der Waals surface area contributed by atoms with Crippen molar-refractivity contribution < 1.29 is 57.0 Å². The maximum absolute atomic E-state index is 14.3. The summed E-state index contributed by atoms with van der Waals surface area (Å²) < 4.78 is 61.5. The van der Waals surface area contributed by atoms with E-state index in [1.165, 1.54) is 5.57 Å². The maximum atomic E-state index is 14.3. The summed E-state index contributed by atoms with van der Waals surface area (Å²) in [6, 6.07) is 0. The molecular formula is C50H68Br2N2O12. The van der Waals surface area contributed by atoms with E-state index in [9.17, 15) is 9.59 Å². The molecule has 0 aromatic rings. The standard InChI is InChI=1S/2C23H29BrO6.2CHN.2CH4/c1-11-14-9-20-5-3-13-12-4-6-21(26-7-8-27-21)19(12,2)10-15(25)22(13)17(24)23(20,22)16(11)29-18(28-14)30-20;1-12-16-10-21-5-3-14-13-4-6-23(26-7-8-27-23)20(13,2)11-17(25)22(14,24)9-15(21)18(12)29-19(28-16)30-21;2*1-2;;/h11-14,16-18H,3-10H2,1-2H3;9,12-14,16,18-19H,3-8,10-11H2,1-2H3;2*1H;2*1H4/t11?,12?,13?,14?,16?,17-,18?,19?,20?,22?,23?;12?,13-,14-,16?,18?,19?,20-,21?,22-;;;;/m10..../s1. The summed E-state index contributed by atoms with van der Waals surface area (Å²) in [7, 11) is 0. The van der Waals surface area contributed by atoms with Crippen molar-refractivity contribution in [2.24, 2.45) is 57.2 Å². The van der Waals surface area contributed by atoms with Crippen molar-refractivity contribution in [2.75, 3.05) is 26.4 Å². The molecule has 8 saturated heterocycles. The number of nitriles is 2. The lowest BCUT2D eigenvalue weighted by atomic mass is 9.46. The summed E-state index contributed by atoms with van der Waals surface area (Å²) >= 11 is 8.11.